The molecule has 1 amide bonds. The molecule has 0 atom stereocenters. The number of anilines is 1. The van der Waals surface area contributed by atoms with Crippen LogP contribution in [0, 0.1) is 0 Å². The smallest absolute Gasteiger partial charge is 0.254 e. The van der Waals surface area contributed by atoms with E-state index in [1.165, 1.54) is 0 Å². The van der Waals surface area contributed by atoms with Gasteiger partial charge in [-0.25, -0.2) is 9.97 Å². The summed E-state index contributed by atoms with van der Waals surface area (Å²) in [4.78, 5) is 24.3. The van der Waals surface area contributed by atoms with Crippen LogP contribution in [0.25, 0.3) is 11.0 Å². The van der Waals surface area contributed by atoms with Gasteiger partial charge < -0.3 is 29.0 Å². The predicted molar refractivity (Wildman–Crippen MR) is 149 cm³/mol. The maximum absolute atomic E-state index is 12.9. The van der Waals surface area contributed by atoms with Gasteiger partial charge >= 0.3 is 0 Å². The largest absolute Gasteiger partial charge is 0.496 e. The molecule has 2 aromatic heterocycles. The second kappa shape index (κ2) is 11.8. The molecule has 1 aliphatic heterocycles. The monoisotopic (exact) mass is 545 g/mol. The van der Waals surface area contributed by atoms with E-state index >= 15 is 0 Å². The molecule has 11 heteroatoms. The van der Waals surface area contributed by atoms with Crippen LogP contribution in [0.2, 0.25) is 30.7 Å². The molecule has 0 aliphatic carbocycles. The van der Waals surface area contributed by atoms with Crippen molar-refractivity contribution in [3.63, 3.8) is 0 Å². The number of amides is 1. The number of morpholine rings is 1. The number of rotatable bonds is 10. The number of hydrogen-bond donors (Lipinski definition) is 1. The molecule has 3 heterocycles. The van der Waals surface area contributed by atoms with Crippen molar-refractivity contribution in [1.29, 1.82) is 0 Å². The molecule has 1 N–H and O–H groups in total. The standard InChI is InChI=1S/C26H36ClN5O4Si/c1-28-24-23-20(27)16-32(17-36-12-13-37(3,4)5)25(23)30-22(29-24)15-18-6-7-19(14-21(18)34-2)26(33)31-8-10-35-11-9-31/h6-7,14,16H,8-13,15,17H2,1-5H3,(H,28,29,30). The minimum atomic E-state index is -1.18. The molecule has 0 radical (unpaired) electrons. The summed E-state index contributed by atoms with van der Waals surface area (Å²) in [5.41, 5.74) is 2.19. The Kier molecular flexibility index (Phi) is 8.74. The van der Waals surface area contributed by atoms with Gasteiger partial charge in [0.05, 0.1) is 30.7 Å². The number of nitrogens with one attached hydrogen (secondary N) is 1. The Bertz CT molecular complexity index is 1250. The molecule has 4 rings (SSSR count). The van der Waals surface area contributed by atoms with Crippen molar-refractivity contribution < 1.29 is 19.0 Å². The molecule has 0 saturated carbocycles. The molecular weight excluding hydrogens is 510 g/mol. The number of nitrogens with zero attached hydrogens (tertiary/aromatic N) is 4. The Hall–Kier alpha value is -2.66. The second-order valence-corrected chi connectivity index (χ2v) is 16.4. The molecule has 1 saturated heterocycles. The molecule has 1 fully saturated rings. The fraction of sp³-hybridized carbons (Fsp3) is 0.500. The van der Waals surface area contributed by atoms with Crippen LogP contribution in [0.5, 0.6) is 5.75 Å². The van der Waals surface area contributed by atoms with Gasteiger partial charge in [0.1, 0.15) is 29.8 Å². The molecule has 0 bridgehead atoms. The van der Waals surface area contributed by atoms with Gasteiger partial charge in [-0.05, 0) is 18.2 Å². The van der Waals surface area contributed by atoms with Crippen LogP contribution in [-0.4, -0.2) is 80.5 Å². The van der Waals surface area contributed by atoms with Crippen molar-refractivity contribution >= 4 is 42.4 Å². The van der Waals surface area contributed by atoms with E-state index in [1.807, 2.05) is 29.9 Å². The third-order valence-electron chi connectivity index (χ3n) is 6.36. The Morgan fingerprint density at radius 2 is 1.97 bits per heavy atom. The molecule has 1 aliphatic rings. The highest BCUT2D eigenvalue weighted by molar-refractivity contribution is 6.76. The normalized spacial score (nSPS) is 14.3. The number of carbonyl (C=O) groups excluding carboxylic acids is 1. The average molecular weight is 546 g/mol. The minimum absolute atomic E-state index is 0.0233. The van der Waals surface area contributed by atoms with Crippen molar-refractivity contribution in [2.75, 3.05) is 52.4 Å². The molecular formula is C26H36ClN5O4Si. The summed E-state index contributed by atoms with van der Waals surface area (Å²) in [6.07, 6.45) is 2.27. The second-order valence-electron chi connectivity index (χ2n) is 10.3. The maximum Gasteiger partial charge on any atom is 0.254 e. The first-order valence-corrected chi connectivity index (χ1v) is 16.6. The van der Waals surface area contributed by atoms with Gasteiger partial charge in [-0.3, -0.25) is 4.79 Å². The van der Waals surface area contributed by atoms with Crippen LogP contribution in [0.15, 0.2) is 24.4 Å². The number of halogens is 1. The number of methoxy groups -OCH3 is 1. The van der Waals surface area contributed by atoms with E-state index in [2.05, 4.69) is 25.0 Å². The van der Waals surface area contributed by atoms with Gasteiger partial charge in [0, 0.05) is 58.6 Å². The lowest BCUT2D eigenvalue weighted by Gasteiger charge is -2.27. The summed E-state index contributed by atoms with van der Waals surface area (Å²) in [7, 11) is 2.24. The van der Waals surface area contributed by atoms with E-state index in [4.69, 9.17) is 35.8 Å². The van der Waals surface area contributed by atoms with Gasteiger partial charge in [0.2, 0.25) is 0 Å². The average Bonchev–Trinajstić information content (AvgIpc) is 3.21. The Morgan fingerprint density at radius 1 is 1.22 bits per heavy atom. The highest BCUT2D eigenvalue weighted by atomic mass is 35.5. The first kappa shape index (κ1) is 27.4. The topological polar surface area (TPSA) is 90.7 Å². The van der Waals surface area contributed by atoms with Crippen LogP contribution >= 0.6 is 11.6 Å². The summed E-state index contributed by atoms with van der Waals surface area (Å²) in [5.74, 6) is 1.87. The van der Waals surface area contributed by atoms with Crippen molar-refractivity contribution in [1.82, 2.24) is 19.4 Å². The van der Waals surface area contributed by atoms with Crippen molar-refractivity contribution in [2.45, 2.75) is 38.8 Å². The number of carbonyl (C=O) groups is 1. The quantitative estimate of drug-likeness (QED) is 0.296. The van der Waals surface area contributed by atoms with Gasteiger partial charge in [-0.15, -0.1) is 0 Å². The zero-order valence-corrected chi connectivity index (χ0v) is 24.0. The number of benzene rings is 1. The van der Waals surface area contributed by atoms with E-state index < -0.39 is 8.07 Å². The van der Waals surface area contributed by atoms with Crippen LogP contribution in [-0.2, 0) is 22.6 Å². The lowest BCUT2D eigenvalue weighted by Crippen LogP contribution is -2.40. The first-order valence-electron chi connectivity index (χ1n) is 12.5. The fourth-order valence-electron chi connectivity index (χ4n) is 4.23. The number of hydrogen-bond acceptors (Lipinski definition) is 7. The van der Waals surface area contributed by atoms with Crippen molar-refractivity contribution in [3.05, 3.63) is 46.4 Å². The van der Waals surface area contributed by atoms with E-state index in [0.717, 1.165) is 17.0 Å². The van der Waals surface area contributed by atoms with Crippen LogP contribution in [0.1, 0.15) is 21.7 Å². The molecule has 3 aromatic rings. The van der Waals surface area contributed by atoms with E-state index in [0.29, 0.717) is 79.7 Å². The summed E-state index contributed by atoms with van der Waals surface area (Å²) in [6, 6.07) is 6.62. The highest BCUT2D eigenvalue weighted by Crippen LogP contribution is 2.31. The Balaban J connectivity index is 1.58. The maximum atomic E-state index is 12.9. The highest BCUT2D eigenvalue weighted by Gasteiger charge is 2.21. The van der Waals surface area contributed by atoms with Gasteiger partial charge in [-0.2, -0.15) is 0 Å². The SMILES string of the molecule is CNc1nc(Cc2ccc(C(=O)N3CCOCC3)cc2OC)nc2c1c(Cl)cn2COCC[Si](C)(C)C. The third kappa shape index (κ3) is 6.62. The van der Waals surface area contributed by atoms with Crippen LogP contribution < -0.4 is 10.1 Å². The third-order valence-corrected chi connectivity index (χ3v) is 8.35. The zero-order chi connectivity index (χ0) is 26.6. The minimum Gasteiger partial charge on any atom is -0.496 e. The number of ether oxygens (including phenoxy) is 3. The van der Waals surface area contributed by atoms with Crippen LogP contribution in [0.3, 0.4) is 0 Å². The van der Waals surface area contributed by atoms with Gasteiger partial charge in [0.15, 0.2) is 0 Å². The molecule has 200 valence electrons. The molecule has 1 aromatic carbocycles. The van der Waals surface area contributed by atoms with Crippen molar-refractivity contribution in [3.8, 4) is 5.75 Å². The van der Waals surface area contributed by atoms with Gasteiger partial charge in [-0.1, -0.05) is 37.3 Å². The van der Waals surface area contributed by atoms with E-state index in [1.54, 1.807) is 18.1 Å². The Morgan fingerprint density at radius 3 is 2.65 bits per heavy atom. The summed E-state index contributed by atoms with van der Waals surface area (Å²) >= 11 is 6.57. The first-order chi connectivity index (χ1) is 17.7. The number of aromatic nitrogens is 3. The molecule has 37 heavy (non-hydrogen) atoms. The molecule has 9 nitrogen and oxygen atoms in total. The molecule has 0 unspecified atom stereocenters. The Labute approximate surface area is 224 Å². The lowest BCUT2D eigenvalue weighted by atomic mass is 10.1. The zero-order valence-electron chi connectivity index (χ0n) is 22.3. The van der Waals surface area contributed by atoms with E-state index in [9.17, 15) is 4.79 Å². The van der Waals surface area contributed by atoms with Crippen molar-refractivity contribution in [2.24, 2.45) is 0 Å². The summed E-state index contributed by atoms with van der Waals surface area (Å²) < 4.78 is 18.9. The van der Waals surface area contributed by atoms with E-state index in [-0.39, 0.29) is 5.91 Å². The summed E-state index contributed by atoms with van der Waals surface area (Å²) in [6.45, 7) is 10.4. The fourth-order valence-corrected chi connectivity index (χ4v) is 5.28. The molecule has 0 spiro atoms. The number of fused-ring (bicyclic) bond motifs is 1. The summed E-state index contributed by atoms with van der Waals surface area (Å²) in [5, 5.41) is 4.49. The lowest BCUT2D eigenvalue weighted by molar-refractivity contribution is 0.0302. The predicted octanol–water partition coefficient (Wildman–Crippen LogP) is 4.51. The van der Waals surface area contributed by atoms with Gasteiger partial charge in [0.25, 0.3) is 5.91 Å². The van der Waals surface area contributed by atoms with Crippen LogP contribution in [0.4, 0.5) is 5.82 Å².